The van der Waals surface area contributed by atoms with Crippen LogP contribution in [0.2, 0.25) is 0 Å². The van der Waals surface area contributed by atoms with Gasteiger partial charge in [-0.2, -0.15) is 0 Å². The summed E-state index contributed by atoms with van der Waals surface area (Å²) >= 11 is 0. The lowest BCUT2D eigenvalue weighted by Gasteiger charge is -2.30. The van der Waals surface area contributed by atoms with Crippen LogP contribution in [-0.2, 0) is 5.41 Å². The van der Waals surface area contributed by atoms with E-state index in [0.29, 0.717) is 0 Å². The molecule has 1 N–H and O–H groups in total. The van der Waals surface area contributed by atoms with Crippen LogP contribution in [0.15, 0.2) is 186 Å². The molecule has 10 rings (SSSR count). The van der Waals surface area contributed by atoms with Gasteiger partial charge in [0.05, 0.1) is 5.41 Å². The molecule has 1 atom stereocenters. The Hall–Kier alpha value is -6.32. The van der Waals surface area contributed by atoms with Gasteiger partial charge in [0.15, 0.2) is 5.84 Å². The van der Waals surface area contributed by atoms with Crippen LogP contribution >= 0.6 is 0 Å². The number of fused-ring (bicyclic) bond motifs is 10. The molecule has 7 aromatic rings. The first-order valence-corrected chi connectivity index (χ1v) is 16.9. The van der Waals surface area contributed by atoms with E-state index < -0.39 is 5.41 Å². The van der Waals surface area contributed by atoms with Crippen molar-refractivity contribution in [2.45, 2.75) is 11.6 Å². The number of aliphatic imine (C=N–C) groups is 2. The predicted octanol–water partition coefficient (Wildman–Crippen LogP) is 10.2. The summed E-state index contributed by atoms with van der Waals surface area (Å²) in [5.74, 6) is 1.55. The molecule has 3 heteroatoms. The predicted molar refractivity (Wildman–Crippen MR) is 200 cm³/mol. The highest BCUT2D eigenvalue weighted by molar-refractivity contribution is 6.16. The maximum absolute atomic E-state index is 5.37. The van der Waals surface area contributed by atoms with E-state index in [0.717, 1.165) is 28.4 Å². The quantitative estimate of drug-likeness (QED) is 0.208. The van der Waals surface area contributed by atoms with Crippen LogP contribution in [0.25, 0.3) is 33.4 Å². The maximum atomic E-state index is 5.37. The average molecular weight is 626 g/mol. The summed E-state index contributed by atoms with van der Waals surface area (Å²) in [7, 11) is 0. The zero-order valence-electron chi connectivity index (χ0n) is 26.7. The fourth-order valence-corrected chi connectivity index (χ4v) is 8.30. The van der Waals surface area contributed by atoms with Gasteiger partial charge in [-0.05, 0) is 61.2 Å². The normalized spacial score (nSPS) is 16.1. The van der Waals surface area contributed by atoms with Gasteiger partial charge >= 0.3 is 0 Å². The Balaban J connectivity index is 1.18. The van der Waals surface area contributed by atoms with Gasteiger partial charge in [0.2, 0.25) is 0 Å². The molecule has 0 saturated carbocycles. The highest BCUT2D eigenvalue weighted by Gasteiger charge is 2.52. The summed E-state index contributed by atoms with van der Waals surface area (Å²) in [6, 6.07) is 63.1. The first-order valence-electron chi connectivity index (χ1n) is 16.9. The molecule has 1 unspecified atom stereocenters. The van der Waals surface area contributed by atoms with Crippen LogP contribution in [0, 0.1) is 0 Å². The Bertz CT molecular complexity index is 2410. The second kappa shape index (κ2) is 10.9. The van der Waals surface area contributed by atoms with Crippen LogP contribution < -0.4 is 5.32 Å². The van der Waals surface area contributed by atoms with Crippen molar-refractivity contribution < 1.29 is 0 Å². The Labute approximate surface area is 286 Å². The van der Waals surface area contributed by atoms with E-state index in [1.54, 1.807) is 0 Å². The molecule has 0 fully saturated rings. The topological polar surface area (TPSA) is 36.8 Å². The minimum atomic E-state index is -0.415. The van der Waals surface area contributed by atoms with Crippen LogP contribution in [0.3, 0.4) is 0 Å². The summed E-state index contributed by atoms with van der Waals surface area (Å²) in [6.07, 6.45) is -0.304. The van der Waals surface area contributed by atoms with E-state index in [-0.39, 0.29) is 6.17 Å². The zero-order valence-corrected chi connectivity index (χ0v) is 26.7. The highest BCUT2D eigenvalue weighted by Crippen LogP contribution is 2.63. The third-order valence-electron chi connectivity index (χ3n) is 10.4. The third-order valence-corrected chi connectivity index (χ3v) is 10.4. The summed E-state index contributed by atoms with van der Waals surface area (Å²) in [4.78, 5) is 10.6. The molecule has 0 bridgehead atoms. The summed E-state index contributed by atoms with van der Waals surface area (Å²) < 4.78 is 0. The maximum Gasteiger partial charge on any atom is 0.160 e. The van der Waals surface area contributed by atoms with Crippen molar-refractivity contribution in [3.8, 4) is 33.4 Å². The van der Waals surface area contributed by atoms with Crippen molar-refractivity contribution in [1.82, 2.24) is 5.32 Å². The van der Waals surface area contributed by atoms with E-state index in [4.69, 9.17) is 9.98 Å². The fourth-order valence-electron chi connectivity index (χ4n) is 8.30. The van der Waals surface area contributed by atoms with E-state index >= 15 is 0 Å². The Morgan fingerprint density at radius 2 is 0.898 bits per heavy atom. The van der Waals surface area contributed by atoms with Crippen LogP contribution in [0.4, 0.5) is 0 Å². The molecular weight excluding hydrogens is 595 g/mol. The van der Waals surface area contributed by atoms with Gasteiger partial charge in [0.1, 0.15) is 12.0 Å². The molecule has 2 aliphatic carbocycles. The molecule has 0 radical (unpaired) electrons. The number of amidine groups is 2. The monoisotopic (exact) mass is 625 g/mol. The van der Waals surface area contributed by atoms with E-state index in [2.05, 4.69) is 175 Å². The smallest absolute Gasteiger partial charge is 0.160 e. The average Bonchev–Trinajstić information content (AvgIpc) is 3.66. The molecule has 1 spiro atoms. The molecule has 1 aliphatic heterocycles. The summed E-state index contributed by atoms with van der Waals surface area (Å²) in [6.45, 7) is 0. The third kappa shape index (κ3) is 4.09. The summed E-state index contributed by atoms with van der Waals surface area (Å²) in [5, 5.41) is 3.67. The van der Waals surface area contributed by atoms with Gasteiger partial charge in [0.25, 0.3) is 0 Å². The van der Waals surface area contributed by atoms with Gasteiger partial charge in [-0.25, -0.2) is 9.98 Å². The van der Waals surface area contributed by atoms with Gasteiger partial charge in [-0.3, -0.25) is 0 Å². The van der Waals surface area contributed by atoms with Gasteiger partial charge in [-0.15, -0.1) is 0 Å². The Morgan fingerprint density at radius 1 is 0.408 bits per heavy atom. The molecule has 3 aliphatic rings. The van der Waals surface area contributed by atoms with Gasteiger partial charge < -0.3 is 5.32 Å². The first-order chi connectivity index (χ1) is 24.3. The van der Waals surface area contributed by atoms with Crippen molar-refractivity contribution in [3.05, 3.63) is 215 Å². The Morgan fingerprint density at radius 3 is 1.55 bits per heavy atom. The van der Waals surface area contributed by atoms with Crippen molar-refractivity contribution in [1.29, 1.82) is 0 Å². The van der Waals surface area contributed by atoms with Crippen molar-refractivity contribution in [3.63, 3.8) is 0 Å². The van der Waals surface area contributed by atoms with Gasteiger partial charge in [0, 0.05) is 11.1 Å². The van der Waals surface area contributed by atoms with E-state index in [9.17, 15) is 0 Å². The number of nitrogens with one attached hydrogen (secondary N) is 1. The second-order valence-corrected chi connectivity index (χ2v) is 12.9. The number of hydrogen-bond acceptors (Lipinski definition) is 3. The molecule has 3 nitrogen and oxygen atoms in total. The zero-order chi connectivity index (χ0) is 32.4. The minimum Gasteiger partial charge on any atom is -0.344 e. The van der Waals surface area contributed by atoms with Crippen molar-refractivity contribution in [2.75, 3.05) is 0 Å². The van der Waals surface area contributed by atoms with Gasteiger partial charge in [-0.1, -0.05) is 176 Å². The van der Waals surface area contributed by atoms with E-state index in [1.807, 2.05) is 6.07 Å². The van der Waals surface area contributed by atoms with Crippen molar-refractivity contribution in [2.24, 2.45) is 9.98 Å². The molecule has 0 aromatic heterocycles. The lowest BCUT2D eigenvalue weighted by Crippen LogP contribution is -2.33. The molecule has 0 saturated heterocycles. The number of nitrogens with zero attached hydrogens (tertiary/aromatic N) is 2. The SMILES string of the molecule is c1ccc(C2=NC(c3cccc4c3-c3ccccc3C43c4ccccc4-c4ccccc43)=NC(c3ccc(-c4ccccc4)cc3)N2)cc1. The molecule has 0 amide bonds. The largest absolute Gasteiger partial charge is 0.344 e. The highest BCUT2D eigenvalue weighted by atomic mass is 15.2. The van der Waals surface area contributed by atoms with Crippen LogP contribution in [0.5, 0.6) is 0 Å². The van der Waals surface area contributed by atoms with Crippen LogP contribution in [0.1, 0.15) is 45.1 Å². The molecule has 7 aromatic carbocycles. The second-order valence-electron chi connectivity index (χ2n) is 12.9. The molecular formula is C46H31N3. The molecule has 1 heterocycles. The number of hydrogen-bond donors (Lipinski definition) is 1. The molecule has 230 valence electrons. The number of benzene rings is 7. The minimum absolute atomic E-state index is 0.304. The lowest BCUT2D eigenvalue weighted by atomic mass is 9.70. The first kappa shape index (κ1) is 27.8. The standard InChI is InChI=1S/C46H31N3/c1-3-14-30(15-4-1)31-26-28-33(29-27-31)44-47-43(32-16-5-2-6-17-32)48-45(49-44)37-21-13-25-41-42(37)36-20-9-12-24-40(36)46(41)38-22-10-7-18-34(38)35-19-8-11-23-39(35)46/h1-29,44H,(H,47,48,49). The summed E-state index contributed by atoms with van der Waals surface area (Å²) in [5.41, 5.74) is 15.4. The molecule has 49 heavy (non-hydrogen) atoms. The van der Waals surface area contributed by atoms with E-state index in [1.165, 1.54) is 55.6 Å². The van der Waals surface area contributed by atoms with Crippen molar-refractivity contribution >= 4 is 11.7 Å². The van der Waals surface area contributed by atoms with Crippen LogP contribution in [-0.4, -0.2) is 11.7 Å². The fraction of sp³-hybridized carbons (Fsp3) is 0.0435. The lowest BCUT2D eigenvalue weighted by molar-refractivity contribution is 0.674. The Kier molecular flexibility index (Phi) is 6.16. The number of rotatable bonds is 4.